The maximum Gasteiger partial charge on any atom is 0.338 e. The van der Waals surface area contributed by atoms with Gasteiger partial charge in [0.25, 0.3) is 0 Å². The molecule has 2 aromatic carbocycles. The van der Waals surface area contributed by atoms with Crippen LogP contribution in [-0.4, -0.2) is 25.0 Å². The molecule has 2 rings (SSSR count). The number of hydrogen-bond donors (Lipinski definition) is 1. The van der Waals surface area contributed by atoms with E-state index >= 15 is 0 Å². The van der Waals surface area contributed by atoms with Gasteiger partial charge in [-0.05, 0) is 42.8 Å². The molecule has 1 N–H and O–H groups in total. The predicted octanol–water partition coefficient (Wildman–Crippen LogP) is 3.44. The molecule has 5 nitrogen and oxygen atoms in total. The molecule has 0 radical (unpaired) electrons. The summed E-state index contributed by atoms with van der Waals surface area (Å²) in [5, 5.41) is 2.60. The zero-order chi connectivity index (χ0) is 18.2. The molecule has 0 aromatic heterocycles. The van der Waals surface area contributed by atoms with Crippen molar-refractivity contribution in [3.8, 4) is 11.5 Å². The predicted molar refractivity (Wildman–Crippen MR) is 86.5 cm³/mol. The van der Waals surface area contributed by atoms with E-state index in [0.29, 0.717) is 24.3 Å². The minimum absolute atomic E-state index is 0.116. The second kappa shape index (κ2) is 8.77. The van der Waals surface area contributed by atoms with Crippen LogP contribution in [0.4, 0.5) is 8.78 Å². The third-order valence-electron chi connectivity index (χ3n) is 3.14. The largest absolute Gasteiger partial charge is 0.462 e. The second-order valence-electron chi connectivity index (χ2n) is 5.17. The van der Waals surface area contributed by atoms with Gasteiger partial charge >= 0.3 is 5.97 Å². The average Bonchev–Trinajstić information content (AvgIpc) is 2.57. The van der Waals surface area contributed by atoms with Gasteiger partial charge in [-0.3, -0.25) is 4.79 Å². The molecule has 25 heavy (non-hydrogen) atoms. The quantitative estimate of drug-likeness (QED) is 0.614. The van der Waals surface area contributed by atoms with Gasteiger partial charge in [0.1, 0.15) is 11.6 Å². The number of halogens is 2. The minimum atomic E-state index is -0.817. The minimum Gasteiger partial charge on any atom is -0.462 e. The van der Waals surface area contributed by atoms with Gasteiger partial charge in [-0.15, -0.1) is 0 Å². The first kappa shape index (κ1) is 18.4. The number of hydrogen-bond acceptors (Lipinski definition) is 4. The van der Waals surface area contributed by atoms with E-state index in [1.165, 1.54) is 37.3 Å². The Bertz CT molecular complexity index is 747. The van der Waals surface area contributed by atoms with Crippen LogP contribution in [-0.2, 0) is 9.53 Å². The third-order valence-corrected chi connectivity index (χ3v) is 3.14. The van der Waals surface area contributed by atoms with Gasteiger partial charge in [0.05, 0.1) is 12.2 Å². The first-order valence-electron chi connectivity index (χ1n) is 7.60. The summed E-state index contributed by atoms with van der Waals surface area (Å²) in [5.74, 6) is -1.98. The Morgan fingerprint density at radius 3 is 2.44 bits per heavy atom. The van der Waals surface area contributed by atoms with E-state index in [1.54, 1.807) is 0 Å². The molecule has 132 valence electrons. The second-order valence-corrected chi connectivity index (χ2v) is 5.17. The van der Waals surface area contributed by atoms with Crippen LogP contribution in [0, 0.1) is 11.6 Å². The lowest BCUT2D eigenvalue weighted by atomic mass is 10.2. The van der Waals surface area contributed by atoms with Crippen LogP contribution in [0.3, 0.4) is 0 Å². The lowest BCUT2D eigenvalue weighted by Gasteiger charge is -2.08. The molecular formula is C18H17F2NO4. The lowest BCUT2D eigenvalue weighted by molar-refractivity contribution is -0.118. The maximum atomic E-state index is 13.5. The number of carbonyl (C=O) groups is 2. The van der Waals surface area contributed by atoms with Gasteiger partial charge < -0.3 is 14.8 Å². The van der Waals surface area contributed by atoms with Crippen LogP contribution in [0.5, 0.6) is 11.5 Å². The Hall–Kier alpha value is -2.96. The Kier molecular flexibility index (Phi) is 6.45. The molecule has 0 saturated carbocycles. The molecule has 0 atom stereocenters. The molecule has 2 aromatic rings. The highest BCUT2D eigenvalue weighted by Gasteiger charge is 2.09. The Balaban J connectivity index is 1.86. The van der Waals surface area contributed by atoms with Crippen molar-refractivity contribution in [2.45, 2.75) is 13.3 Å². The monoisotopic (exact) mass is 349 g/mol. The smallest absolute Gasteiger partial charge is 0.338 e. The van der Waals surface area contributed by atoms with E-state index in [2.05, 4.69) is 5.32 Å². The van der Waals surface area contributed by atoms with E-state index in [0.717, 1.165) is 12.1 Å². The van der Waals surface area contributed by atoms with Gasteiger partial charge in [0.2, 0.25) is 5.91 Å². The maximum absolute atomic E-state index is 13.5. The molecule has 1 amide bonds. The molecule has 0 saturated heterocycles. The summed E-state index contributed by atoms with van der Waals surface area (Å²) >= 11 is 0. The highest BCUT2D eigenvalue weighted by molar-refractivity contribution is 5.89. The Morgan fingerprint density at radius 1 is 1.08 bits per heavy atom. The normalized spacial score (nSPS) is 10.2. The van der Waals surface area contributed by atoms with Crippen molar-refractivity contribution in [2.75, 3.05) is 13.2 Å². The van der Waals surface area contributed by atoms with Crippen LogP contribution in [0.15, 0.2) is 42.5 Å². The van der Waals surface area contributed by atoms with Crippen LogP contribution < -0.4 is 10.1 Å². The van der Waals surface area contributed by atoms with Crippen molar-refractivity contribution in [1.29, 1.82) is 0 Å². The van der Waals surface area contributed by atoms with Crippen LogP contribution in [0.25, 0.3) is 0 Å². The van der Waals surface area contributed by atoms with Crippen LogP contribution in [0.1, 0.15) is 23.7 Å². The molecule has 7 heteroatoms. The summed E-state index contributed by atoms with van der Waals surface area (Å²) in [6.07, 6.45) is 0.510. The van der Waals surface area contributed by atoms with Crippen LogP contribution >= 0.6 is 0 Å². The van der Waals surface area contributed by atoms with Crippen molar-refractivity contribution in [3.63, 3.8) is 0 Å². The molecule has 0 aliphatic heterocycles. The summed E-state index contributed by atoms with van der Waals surface area (Å²) in [4.78, 5) is 22.5. The molecule has 0 aliphatic carbocycles. The fraction of sp³-hybridized carbons (Fsp3) is 0.222. The van der Waals surface area contributed by atoms with Crippen molar-refractivity contribution in [1.82, 2.24) is 5.32 Å². The number of benzene rings is 2. The van der Waals surface area contributed by atoms with Crippen molar-refractivity contribution >= 4 is 11.9 Å². The number of carbonyl (C=O) groups excluding carboxylic acids is 2. The van der Waals surface area contributed by atoms with Crippen molar-refractivity contribution < 1.29 is 27.8 Å². The number of nitrogens with one attached hydrogen (secondary N) is 1. The summed E-state index contributed by atoms with van der Waals surface area (Å²) < 4.78 is 36.7. The molecule has 0 bridgehead atoms. The van der Waals surface area contributed by atoms with E-state index in [9.17, 15) is 18.4 Å². The first-order valence-corrected chi connectivity index (χ1v) is 7.60. The molecular weight excluding hydrogens is 332 g/mol. The van der Waals surface area contributed by atoms with Gasteiger partial charge in [-0.25, -0.2) is 13.6 Å². The van der Waals surface area contributed by atoms with E-state index < -0.39 is 17.6 Å². The SMILES string of the molecule is CC(=O)NCCCOC(=O)c1ccc(Oc2ccc(F)cc2F)cc1. The zero-order valence-electron chi connectivity index (χ0n) is 13.6. The summed E-state index contributed by atoms with van der Waals surface area (Å²) in [6, 6.07) is 8.92. The summed E-state index contributed by atoms with van der Waals surface area (Å²) in [5.41, 5.74) is 0.312. The highest BCUT2D eigenvalue weighted by atomic mass is 19.1. The molecule has 0 aliphatic rings. The zero-order valence-corrected chi connectivity index (χ0v) is 13.6. The fourth-order valence-electron chi connectivity index (χ4n) is 1.93. The third kappa shape index (κ3) is 5.87. The average molecular weight is 349 g/mol. The fourth-order valence-corrected chi connectivity index (χ4v) is 1.93. The van der Waals surface area contributed by atoms with Crippen LogP contribution in [0.2, 0.25) is 0 Å². The number of rotatable bonds is 7. The number of esters is 1. The highest BCUT2D eigenvalue weighted by Crippen LogP contribution is 2.25. The van der Waals surface area contributed by atoms with Crippen molar-refractivity contribution in [2.24, 2.45) is 0 Å². The van der Waals surface area contributed by atoms with E-state index in [1.807, 2.05) is 0 Å². The summed E-state index contributed by atoms with van der Waals surface area (Å²) in [6.45, 7) is 2.02. The molecule has 0 spiro atoms. The Labute approximate surface area is 143 Å². The summed E-state index contributed by atoms with van der Waals surface area (Å²) in [7, 11) is 0. The topological polar surface area (TPSA) is 64.6 Å². The lowest BCUT2D eigenvalue weighted by Crippen LogP contribution is -2.22. The van der Waals surface area contributed by atoms with E-state index in [4.69, 9.17) is 9.47 Å². The molecule has 0 unspecified atom stereocenters. The van der Waals surface area contributed by atoms with Crippen molar-refractivity contribution in [3.05, 3.63) is 59.7 Å². The molecule has 0 heterocycles. The van der Waals surface area contributed by atoms with Gasteiger partial charge in [-0.2, -0.15) is 0 Å². The molecule has 0 fully saturated rings. The van der Waals surface area contributed by atoms with Gasteiger partial charge in [0, 0.05) is 19.5 Å². The number of amides is 1. The van der Waals surface area contributed by atoms with Gasteiger partial charge in [-0.1, -0.05) is 0 Å². The van der Waals surface area contributed by atoms with Gasteiger partial charge in [0.15, 0.2) is 11.6 Å². The van der Waals surface area contributed by atoms with E-state index in [-0.39, 0.29) is 18.3 Å². The first-order chi connectivity index (χ1) is 12.0. The standard InChI is InChI=1S/C18H17F2NO4/c1-12(22)21-9-2-10-24-18(23)13-3-6-15(7-4-13)25-17-8-5-14(19)11-16(17)20/h3-8,11H,2,9-10H2,1H3,(H,21,22). The number of ether oxygens (including phenoxy) is 2. The Morgan fingerprint density at radius 2 is 1.80 bits per heavy atom.